The van der Waals surface area contributed by atoms with Gasteiger partial charge in [-0.25, -0.2) is 4.98 Å². The van der Waals surface area contributed by atoms with Gasteiger partial charge in [-0.15, -0.1) is 0 Å². The molecule has 0 aliphatic carbocycles. The molecule has 1 aromatic heterocycles. The van der Waals surface area contributed by atoms with Gasteiger partial charge in [-0.1, -0.05) is 36.4 Å². The van der Waals surface area contributed by atoms with Gasteiger partial charge >= 0.3 is 0 Å². The van der Waals surface area contributed by atoms with Crippen LogP contribution in [0.4, 0.5) is 0 Å². The lowest BCUT2D eigenvalue weighted by Gasteiger charge is -1.89. The Labute approximate surface area is 86.8 Å². The van der Waals surface area contributed by atoms with Gasteiger partial charge in [0, 0.05) is 0 Å². The van der Waals surface area contributed by atoms with Crippen LogP contribution in [0, 0.1) is 0 Å². The number of nitrogens with zero attached hydrogens (tertiary/aromatic N) is 1. The molecule has 1 N–H and O–H groups in total. The van der Waals surface area contributed by atoms with Crippen LogP contribution in [0.1, 0.15) is 0 Å². The van der Waals surface area contributed by atoms with E-state index < -0.39 is 0 Å². The molecule has 0 aliphatic heterocycles. The predicted octanol–water partition coefficient (Wildman–Crippen LogP) is 2.05. The van der Waals surface area contributed by atoms with Gasteiger partial charge in [-0.05, 0) is 12.1 Å². The summed E-state index contributed by atoms with van der Waals surface area (Å²) in [4.78, 5) is 18.2. The van der Waals surface area contributed by atoms with Crippen molar-refractivity contribution in [2.75, 3.05) is 0 Å². The molecule has 1 heterocycles. The zero-order chi connectivity index (χ0) is 10.5. The fourth-order valence-electron chi connectivity index (χ4n) is 1.27. The molecule has 15 heavy (non-hydrogen) atoms. The van der Waals surface area contributed by atoms with Crippen LogP contribution < -0.4 is 5.56 Å². The van der Waals surface area contributed by atoms with Gasteiger partial charge in [0.1, 0.15) is 0 Å². The van der Waals surface area contributed by atoms with Crippen molar-refractivity contribution in [2.24, 2.45) is 0 Å². The normalized spacial score (nSPS) is 9.60. The molecule has 0 spiro atoms. The molecule has 2 rings (SSSR count). The molecular formula is C12H10N2O. The van der Waals surface area contributed by atoms with E-state index in [0.717, 1.165) is 0 Å². The Morgan fingerprint density at radius 1 is 0.933 bits per heavy atom. The zero-order valence-corrected chi connectivity index (χ0v) is 8.05. The van der Waals surface area contributed by atoms with Crippen molar-refractivity contribution in [2.45, 2.75) is 0 Å². The third-order valence-electron chi connectivity index (χ3n) is 1.99. The summed E-state index contributed by atoms with van der Waals surface area (Å²) in [5.74, 6) is 0. The van der Waals surface area contributed by atoms with E-state index in [1.807, 2.05) is 42.5 Å². The van der Waals surface area contributed by atoms with Crippen molar-refractivity contribution in [1.29, 1.82) is 0 Å². The molecule has 0 amide bonds. The van der Waals surface area contributed by atoms with Crippen LogP contribution in [0.3, 0.4) is 0 Å². The van der Waals surface area contributed by atoms with Crippen molar-refractivity contribution in [1.82, 2.24) is 9.97 Å². The molecule has 2 aromatic rings. The van der Waals surface area contributed by atoms with Crippen LogP contribution in [0.5, 0.6) is 0 Å². The second-order valence-corrected chi connectivity index (χ2v) is 3.02. The maximum Gasteiger partial charge on any atom is 0.258 e. The summed E-state index contributed by atoms with van der Waals surface area (Å²) in [5, 5.41) is 0.578. The quantitative estimate of drug-likeness (QED) is 0.704. The molecular weight excluding hydrogens is 188 g/mol. The SMILES string of the molecule is O=c1[nH]cnc2ccccccccc12. The summed E-state index contributed by atoms with van der Waals surface area (Å²) in [5.41, 5.74) is 0.550. The smallest absolute Gasteiger partial charge is 0.258 e. The molecule has 0 saturated carbocycles. The average molecular weight is 198 g/mol. The van der Waals surface area contributed by atoms with Gasteiger partial charge in [0.15, 0.2) is 0 Å². The first kappa shape index (κ1) is 9.40. The van der Waals surface area contributed by atoms with Crippen molar-refractivity contribution in [3.63, 3.8) is 0 Å². The standard InChI is InChI=1S/C12H10N2O/c15-12-10-7-5-3-1-2-4-6-8-11(10)13-9-14-12/h1-9H,(H,13,14,15). The minimum atomic E-state index is -0.126. The molecule has 0 saturated heterocycles. The van der Waals surface area contributed by atoms with Gasteiger partial charge in [0.05, 0.1) is 17.2 Å². The number of hydrogen-bond donors (Lipinski definition) is 1. The Morgan fingerprint density at radius 2 is 1.60 bits per heavy atom. The van der Waals surface area contributed by atoms with E-state index in [0.29, 0.717) is 10.9 Å². The number of aromatic nitrogens is 2. The first-order valence-corrected chi connectivity index (χ1v) is 4.64. The Hall–Kier alpha value is -2.16. The second-order valence-electron chi connectivity index (χ2n) is 3.02. The van der Waals surface area contributed by atoms with Gasteiger partial charge in [-0.2, -0.15) is 0 Å². The van der Waals surface area contributed by atoms with Crippen LogP contribution >= 0.6 is 0 Å². The molecule has 0 aliphatic rings. The third kappa shape index (κ3) is 2.20. The van der Waals surface area contributed by atoms with Crippen LogP contribution in [-0.4, -0.2) is 9.97 Å². The number of H-pyrrole nitrogens is 1. The minimum Gasteiger partial charge on any atom is -0.313 e. The Kier molecular flexibility index (Phi) is 2.74. The van der Waals surface area contributed by atoms with Crippen LogP contribution in [0.2, 0.25) is 0 Å². The number of rotatable bonds is 0. The summed E-state index contributed by atoms with van der Waals surface area (Å²) < 4.78 is 0. The zero-order valence-electron chi connectivity index (χ0n) is 8.05. The first-order valence-electron chi connectivity index (χ1n) is 4.64. The van der Waals surface area contributed by atoms with Crippen LogP contribution in [0.15, 0.2) is 59.7 Å². The van der Waals surface area contributed by atoms with Crippen molar-refractivity contribution < 1.29 is 0 Å². The van der Waals surface area contributed by atoms with E-state index in [-0.39, 0.29) is 5.56 Å². The summed E-state index contributed by atoms with van der Waals surface area (Å²) in [6.07, 6.45) is 1.41. The van der Waals surface area contributed by atoms with Gasteiger partial charge in [0.2, 0.25) is 0 Å². The van der Waals surface area contributed by atoms with Crippen molar-refractivity contribution in [3.8, 4) is 0 Å². The summed E-state index contributed by atoms with van der Waals surface area (Å²) >= 11 is 0. The predicted molar refractivity (Wildman–Crippen MR) is 60.0 cm³/mol. The number of fused-ring (bicyclic) bond motifs is 1. The maximum absolute atomic E-state index is 11.5. The van der Waals surface area contributed by atoms with E-state index in [2.05, 4.69) is 9.97 Å². The molecule has 74 valence electrons. The average Bonchev–Trinajstić information content (AvgIpc) is 2.26. The van der Waals surface area contributed by atoms with E-state index in [1.165, 1.54) is 6.33 Å². The maximum atomic E-state index is 11.5. The fraction of sp³-hybridized carbons (Fsp3) is 0. The summed E-state index contributed by atoms with van der Waals surface area (Å²) in [6, 6.07) is 14.8. The monoisotopic (exact) mass is 198 g/mol. The second kappa shape index (κ2) is 4.37. The van der Waals surface area contributed by atoms with Gasteiger partial charge in [0.25, 0.3) is 5.56 Å². The highest BCUT2D eigenvalue weighted by Crippen LogP contribution is 1.99. The molecule has 0 atom stereocenters. The largest absolute Gasteiger partial charge is 0.313 e. The highest BCUT2D eigenvalue weighted by molar-refractivity contribution is 5.75. The fourth-order valence-corrected chi connectivity index (χ4v) is 1.27. The molecule has 0 bridgehead atoms. The topological polar surface area (TPSA) is 45.8 Å². The molecule has 3 heteroatoms. The third-order valence-corrected chi connectivity index (χ3v) is 1.99. The lowest BCUT2D eigenvalue weighted by atomic mass is 10.3. The van der Waals surface area contributed by atoms with Crippen LogP contribution in [-0.2, 0) is 0 Å². The molecule has 0 radical (unpaired) electrons. The lowest BCUT2D eigenvalue weighted by molar-refractivity contribution is 1.17. The summed E-state index contributed by atoms with van der Waals surface area (Å²) in [7, 11) is 0. The van der Waals surface area contributed by atoms with Gasteiger partial charge in [-0.3, -0.25) is 4.79 Å². The molecule has 0 unspecified atom stereocenters. The Morgan fingerprint density at radius 3 is 2.40 bits per heavy atom. The molecule has 3 nitrogen and oxygen atoms in total. The van der Waals surface area contributed by atoms with Crippen molar-refractivity contribution >= 4 is 10.9 Å². The van der Waals surface area contributed by atoms with E-state index >= 15 is 0 Å². The first-order chi connectivity index (χ1) is 7.38. The lowest BCUT2D eigenvalue weighted by Crippen LogP contribution is -2.04. The Balaban J connectivity index is 2.89. The van der Waals surface area contributed by atoms with Gasteiger partial charge < -0.3 is 4.98 Å². The number of hydrogen-bond acceptors (Lipinski definition) is 2. The highest BCUT2D eigenvalue weighted by atomic mass is 16.1. The van der Waals surface area contributed by atoms with E-state index in [1.54, 1.807) is 6.07 Å². The molecule has 0 fully saturated rings. The van der Waals surface area contributed by atoms with Crippen LogP contribution in [0.25, 0.3) is 10.9 Å². The highest BCUT2D eigenvalue weighted by Gasteiger charge is 1.92. The minimum absolute atomic E-state index is 0.126. The summed E-state index contributed by atoms with van der Waals surface area (Å²) in [6.45, 7) is 0. The van der Waals surface area contributed by atoms with E-state index in [4.69, 9.17) is 0 Å². The van der Waals surface area contributed by atoms with E-state index in [9.17, 15) is 4.79 Å². The Bertz CT molecular complexity index is 574. The molecule has 1 aromatic carbocycles. The van der Waals surface area contributed by atoms with Crippen molar-refractivity contribution in [3.05, 3.63) is 65.2 Å². The number of nitrogens with one attached hydrogen (secondary N) is 1. The number of aromatic amines is 1.